The average Bonchev–Trinajstić information content (AvgIpc) is 2.15. The third-order valence-electron chi connectivity index (χ3n) is 2.91. The quantitative estimate of drug-likeness (QED) is 0.231. The van der Waals surface area contributed by atoms with Gasteiger partial charge in [0.15, 0.2) is 0 Å². The second kappa shape index (κ2) is 6.75. The highest BCUT2D eigenvalue weighted by Crippen LogP contribution is 2.51. The summed E-state index contributed by atoms with van der Waals surface area (Å²) in [6.07, 6.45) is 2.52. The molecule has 0 heterocycles. The Morgan fingerprint density at radius 2 is 1.50 bits per heavy atom. The number of hydrogen-bond donors (Lipinski definition) is 6. The Bertz CT molecular complexity index is 394. The highest BCUT2D eigenvalue weighted by Gasteiger charge is 2.45. The molecule has 1 saturated carbocycles. The lowest BCUT2D eigenvalue weighted by Gasteiger charge is -2.35. The van der Waals surface area contributed by atoms with Gasteiger partial charge in [0, 0.05) is 11.7 Å². The summed E-state index contributed by atoms with van der Waals surface area (Å²) in [5, 5.41) is 9.71. The lowest BCUT2D eigenvalue weighted by Crippen LogP contribution is -2.39. The summed E-state index contributed by atoms with van der Waals surface area (Å²) >= 11 is 4.28. The van der Waals surface area contributed by atoms with E-state index >= 15 is 0 Å². The predicted octanol–water partition coefficient (Wildman–Crippen LogP) is 0.730. The van der Waals surface area contributed by atoms with Gasteiger partial charge >= 0.3 is 15.6 Å². The van der Waals surface area contributed by atoms with E-state index in [0.717, 1.165) is 19.3 Å². The topological polar surface area (TPSA) is 154 Å². The lowest BCUT2D eigenvalue weighted by molar-refractivity contribution is -0.295. The largest absolute Gasteiger partial charge is 0.473 e. The van der Waals surface area contributed by atoms with Gasteiger partial charge in [0.05, 0.1) is 0 Å². The smallest absolute Gasteiger partial charge is 0.343 e. The van der Waals surface area contributed by atoms with Crippen LogP contribution in [0, 0.1) is 5.92 Å². The molecule has 2 unspecified atom stereocenters. The zero-order valence-electron chi connectivity index (χ0n) is 10.4. The van der Waals surface area contributed by atoms with Gasteiger partial charge in [0.1, 0.15) is 0 Å². The zero-order valence-corrected chi connectivity index (χ0v) is 13.1. The normalized spacial score (nSPS) is 25.7. The van der Waals surface area contributed by atoms with Gasteiger partial charge in [-0.1, -0.05) is 12.8 Å². The zero-order chi connectivity index (χ0) is 15.6. The molecule has 0 bridgehead atoms. The summed E-state index contributed by atoms with van der Waals surface area (Å²) in [4.78, 5) is 34.9. The number of phosphoric acid groups is 2. The molecule has 5 N–H and O–H groups in total. The third-order valence-corrected chi connectivity index (χ3v) is 4.64. The van der Waals surface area contributed by atoms with Crippen LogP contribution in [0.5, 0.6) is 0 Å². The Morgan fingerprint density at radius 3 is 1.90 bits per heavy atom. The average molecular weight is 352 g/mol. The first-order valence-electron chi connectivity index (χ1n) is 5.83. The molecule has 1 aliphatic rings. The standard InChI is InChI=1S/C8H18O9P2S/c9-8(16-18(10,11)12,17-19(13,14)15)5-6-3-1-2-4-7(6)20/h6-7,9,20H,1-5H2,(H2,10,11,12)(H2,13,14,15). The minimum Gasteiger partial charge on any atom is -0.343 e. The fourth-order valence-electron chi connectivity index (χ4n) is 2.22. The molecule has 20 heavy (non-hydrogen) atoms. The van der Waals surface area contributed by atoms with Crippen molar-refractivity contribution >= 4 is 28.3 Å². The van der Waals surface area contributed by atoms with Gasteiger partial charge in [0.25, 0.3) is 5.97 Å². The van der Waals surface area contributed by atoms with Crippen LogP contribution in [-0.4, -0.2) is 35.9 Å². The SMILES string of the molecule is O=P(O)(O)OC(O)(CC1CCCCC1S)OP(=O)(O)O. The third kappa shape index (κ3) is 7.00. The number of hydrogen-bond acceptors (Lipinski definition) is 6. The monoisotopic (exact) mass is 352 g/mol. The maximum Gasteiger partial charge on any atom is 0.473 e. The van der Waals surface area contributed by atoms with Gasteiger partial charge in [-0.2, -0.15) is 12.6 Å². The van der Waals surface area contributed by atoms with E-state index in [0.29, 0.717) is 6.42 Å². The Labute approximate surface area is 121 Å². The van der Waals surface area contributed by atoms with Crippen LogP contribution in [0.2, 0.25) is 0 Å². The van der Waals surface area contributed by atoms with E-state index in [1.165, 1.54) is 0 Å². The molecule has 0 aromatic heterocycles. The van der Waals surface area contributed by atoms with Crippen molar-refractivity contribution in [3.8, 4) is 0 Å². The van der Waals surface area contributed by atoms with E-state index < -0.39 is 28.0 Å². The maximum absolute atomic E-state index is 10.8. The maximum atomic E-state index is 10.8. The van der Waals surface area contributed by atoms with Gasteiger partial charge < -0.3 is 24.7 Å². The molecule has 0 aromatic carbocycles. The highest BCUT2D eigenvalue weighted by molar-refractivity contribution is 7.81. The minimum atomic E-state index is -5.20. The van der Waals surface area contributed by atoms with Crippen LogP contribution in [-0.2, 0) is 18.2 Å². The van der Waals surface area contributed by atoms with Crippen molar-refractivity contribution in [3.63, 3.8) is 0 Å². The van der Waals surface area contributed by atoms with Crippen LogP contribution in [0.3, 0.4) is 0 Å². The molecular formula is C8H18O9P2S. The molecular weight excluding hydrogens is 334 g/mol. The molecule has 0 aliphatic heterocycles. The van der Waals surface area contributed by atoms with Crippen LogP contribution in [0.25, 0.3) is 0 Å². The van der Waals surface area contributed by atoms with Crippen molar-refractivity contribution in [2.45, 2.75) is 43.3 Å². The first-order chi connectivity index (χ1) is 8.90. The van der Waals surface area contributed by atoms with Crippen molar-refractivity contribution in [2.75, 3.05) is 0 Å². The van der Waals surface area contributed by atoms with Gasteiger partial charge in [-0.3, -0.25) is 0 Å². The van der Waals surface area contributed by atoms with Crippen molar-refractivity contribution in [1.82, 2.24) is 0 Å². The summed E-state index contributed by atoms with van der Waals surface area (Å²) in [5.41, 5.74) is 0. The summed E-state index contributed by atoms with van der Waals surface area (Å²) in [7, 11) is -10.4. The van der Waals surface area contributed by atoms with Crippen LogP contribution in [0.15, 0.2) is 0 Å². The minimum absolute atomic E-state index is 0.184. The van der Waals surface area contributed by atoms with Gasteiger partial charge in [0.2, 0.25) is 0 Å². The molecule has 1 rings (SSSR count). The van der Waals surface area contributed by atoms with Crippen molar-refractivity contribution in [3.05, 3.63) is 0 Å². The van der Waals surface area contributed by atoms with Crippen LogP contribution in [0.4, 0.5) is 0 Å². The van der Waals surface area contributed by atoms with Crippen molar-refractivity contribution < 1.29 is 42.9 Å². The van der Waals surface area contributed by atoms with Crippen molar-refractivity contribution in [1.29, 1.82) is 0 Å². The van der Waals surface area contributed by atoms with Crippen LogP contribution >= 0.6 is 28.3 Å². The van der Waals surface area contributed by atoms with Gasteiger partial charge in [-0.05, 0) is 18.8 Å². The Kier molecular flexibility index (Phi) is 6.27. The molecule has 1 aliphatic carbocycles. The summed E-state index contributed by atoms with van der Waals surface area (Å²) in [5.74, 6) is -3.42. The van der Waals surface area contributed by atoms with E-state index in [1.807, 2.05) is 0 Å². The van der Waals surface area contributed by atoms with Crippen LogP contribution < -0.4 is 0 Å². The number of aliphatic hydroxyl groups is 1. The Balaban J connectivity index is 2.86. The molecule has 0 amide bonds. The lowest BCUT2D eigenvalue weighted by atomic mass is 9.86. The molecule has 0 spiro atoms. The first kappa shape index (κ1) is 18.6. The Morgan fingerprint density at radius 1 is 1.05 bits per heavy atom. The first-order valence-corrected chi connectivity index (χ1v) is 9.41. The number of thiol groups is 1. The van der Waals surface area contributed by atoms with E-state index in [4.69, 9.17) is 19.6 Å². The van der Waals surface area contributed by atoms with Crippen LogP contribution in [0.1, 0.15) is 32.1 Å². The molecule has 0 radical (unpaired) electrons. The fourth-order valence-corrected chi connectivity index (χ4v) is 3.68. The summed E-state index contributed by atoms with van der Waals surface area (Å²) < 4.78 is 29.7. The second-order valence-corrected chi connectivity index (χ2v) is 7.68. The summed E-state index contributed by atoms with van der Waals surface area (Å²) in [6.45, 7) is 0. The fraction of sp³-hybridized carbons (Fsp3) is 1.00. The molecule has 1 fully saturated rings. The van der Waals surface area contributed by atoms with Gasteiger partial charge in [-0.25, -0.2) is 18.2 Å². The second-order valence-electron chi connectivity index (χ2n) is 4.69. The van der Waals surface area contributed by atoms with E-state index in [-0.39, 0.29) is 11.2 Å². The molecule has 9 nitrogen and oxygen atoms in total. The highest BCUT2D eigenvalue weighted by atomic mass is 32.1. The van der Waals surface area contributed by atoms with Gasteiger partial charge in [-0.15, -0.1) is 0 Å². The summed E-state index contributed by atoms with van der Waals surface area (Å²) in [6, 6.07) is 0. The molecule has 12 heteroatoms. The number of phosphoric ester groups is 2. The molecule has 0 aromatic rings. The van der Waals surface area contributed by atoms with Crippen molar-refractivity contribution in [2.24, 2.45) is 5.92 Å². The number of rotatable bonds is 6. The Hall–Kier alpha value is 0.530. The van der Waals surface area contributed by atoms with E-state index in [1.54, 1.807) is 0 Å². The molecule has 2 atom stereocenters. The molecule has 120 valence electrons. The van der Waals surface area contributed by atoms with E-state index in [9.17, 15) is 14.2 Å². The van der Waals surface area contributed by atoms with E-state index in [2.05, 4.69) is 21.7 Å². The molecule has 0 saturated heterocycles. The predicted molar refractivity (Wildman–Crippen MR) is 70.6 cm³/mol.